The lowest BCUT2D eigenvalue weighted by Crippen LogP contribution is -2.33. The van der Waals surface area contributed by atoms with E-state index in [2.05, 4.69) is 20.0 Å². The molecule has 0 aliphatic heterocycles. The summed E-state index contributed by atoms with van der Waals surface area (Å²) in [4.78, 5) is 8.79. The molecular weight excluding hydrogens is 436 g/mol. The molecule has 0 aliphatic carbocycles. The standard InChI is InChI=1S/C24H16F4N4O/c25-23(26)24(27,28)33-17-8-4-7-16(13-17)31-21-22-30-14-20(32(22)12-11-29-21)19-10-3-6-15-5-1-2-9-18(15)19/h1-14,23H,(H,29,31). The van der Waals surface area contributed by atoms with Crippen LogP contribution in [0, 0.1) is 0 Å². The highest BCUT2D eigenvalue weighted by Gasteiger charge is 2.44. The maximum Gasteiger partial charge on any atom is 0.461 e. The number of alkyl halides is 4. The lowest BCUT2D eigenvalue weighted by atomic mass is 10.0. The fourth-order valence-corrected chi connectivity index (χ4v) is 3.63. The largest absolute Gasteiger partial charge is 0.461 e. The summed E-state index contributed by atoms with van der Waals surface area (Å²) >= 11 is 0. The molecule has 0 spiro atoms. The highest BCUT2D eigenvalue weighted by atomic mass is 19.3. The number of nitrogens with zero attached hydrogens (tertiary/aromatic N) is 3. The SMILES string of the molecule is FC(F)C(F)(F)Oc1cccc(Nc2nccn3c(-c4cccc5ccccc45)cnc23)c1. The third-order valence-electron chi connectivity index (χ3n) is 5.10. The summed E-state index contributed by atoms with van der Waals surface area (Å²) in [5.74, 6) is -0.0428. The van der Waals surface area contributed by atoms with Crippen LogP contribution in [0.5, 0.6) is 5.75 Å². The molecule has 5 aromatic rings. The normalized spacial score (nSPS) is 11.9. The summed E-state index contributed by atoms with van der Waals surface area (Å²) in [5.41, 5.74) is 2.67. The van der Waals surface area contributed by atoms with Crippen LogP contribution in [-0.2, 0) is 0 Å². The first-order valence-corrected chi connectivity index (χ1v) is 9.95. The van der Waals surface area contributed by atoms with Crippen LogP contribution < -0.4 is 10.1 Å². The van der Waals surface area contributed by atoms with Gasteiger partial charge in [0.05, 0.1) is 11.9 Å². The molecule has 5 nitrogen and oxygen atoms in total. The highest BCUT2D eigenvalue weighted by molar-refractivity contribution is 5.96. The Bertz CT molecular complexity index is 1450. The minimum Gasteiger partial charge on any atom is -0.428 e. The maximum absolute atomic E-state index is 13.3. The van der Waals surface area contributed by atoms with Gasteiger partial charge in [-0.15, -0.1) is 0 Å². The summed E-state index contributed by atoms with van der Waals surface area (Å²) in [5, 5.41) is 5.16. The van der Waals surface area contributed by atoms with Crippen LogP contribution in [0.2, 0.25) is 0 Å². The van der Waals surface area contributed by atoms with Crippen LogP contribution in [0.15, 0.2) is 85.3 Å². The number of hydrogen-bond donors (Lipinski definition) is 1. The van der Waals surface area contributed by atoms with Gasteiger partial charge in [0, 0.05) is 29.7 Å². The third kappa shape index (κ3) is 3.93. The van der Waals surface area contributed by atoms with Gasteiger partial charge in [-0.05, 0) is 22.9 Å². The van der Waals surface area contributed by atoms with Gasteiger partial charge in [-0.2, -0.15) is 17.6 Å². The molecule has 3 aromatic carbocycles. The van der Waals surface area contributed by atoms with E-state index in [1.165, 1.54) is 18.2 Å². The number of halogens is 4. The number of benzene rings is 3. The Kier molecular flexibility index (Phi) is 5.08. The van der Waals surface area contributed by atoms with Crippen LogP contribution in [0.25, 0.3) is 27.7 Å². The molecule has 0 atom stereocenters. The second-order valence-corrected chi connectivity index (χ2v) is 7.26. The molecule has 33 heavy (non-hydrogen) atoms. The fraction of sp³-hybridized carbons (Fsp3) is 0.0833. The van der Waals surface area contributed by atoms with Gasteiger partial charge in [-0.3, -0.25) is 4.40 Å². The van der Waals surface area contributed by atoms with Crippen LogP contribution >= 0.6 is 0 Å². The molecule has 9 heteroatoms. The van der Waals surface area contributed by atoms with E-state index in [1.54, 1.807) is 24.7 Å². The van der Waals surface area contributed by atoms with Gasteiger partial charge in [0.25, 0.3) is 0 Å². The molecule has 5 rings (SSSR count). The Labute approximate surface area is 185 Å². The Hall–Kier alpha value is -4.14. The van der Waals surface area contributed by atoms with Crippen molar-refractivity contribution in [1.29, 1.82) is 0 Å². The van der Waals surface area contributed by atoms with Gasteiger partial charge in [0.2, 0.25) is 0 Å². The van der Waals surface area contributed by atoms with E-state index in [4.69, 9.17) is 0 Å². The molecule has 0 unspecified atom stereocenters. The minimum atomic E-state index is -4.59. The molecule has 0 amide bonds. The lowest BCUT2D eigenvalue weighted by molar-refractivity contribution is -0.253. The van der Waals surface area contributed by atoms with E-state index in [0.29, 0.717) is 17.2 Å². The summed E-state index contributed by atoms with van der Waals surface area (Å²) in [7, 11) is 0. The second-order valence-electron chi connectivity index (χ2n) is 7.26. The zero-order chi connectivity index (χ0) is 23.0. The molecule has 0 aliphatic rings. The van der Waals surface area contributed by atoms with Crippen molar-refractivity contribution in [1.82, 2.24) is 14.4 Å². The second kappa shape index (κ2) is 8.09. The minimum absolute atomic E-state index is 0.327. The van der Waals surface area contributed by atoms with Crippen molar-refractivity contribution in [3.05, 3.63) is 85.3 Å². The fourth-order valence-electron chi connectivity index (χ4n) is 3.63. The van der Waals surface area contributed by atoms with E-state index >= 15 is 0 Å². The van der Waals surface area contributed by atoms with E-state index in [9.17, 15) is 17.6 Å². The van der Waals surface area contributed by atoms with Gasteiger partial charge >= 0.3 is 12.5 Å². The van der Waals surface area contributed by atoms with Crippen molar-refractivity contribution >= 4 is 27.9 Å². The molecule has 2 aromatic heterocycles. The molecule has 0 saturated heterocycles. The molecule has 0 bridgehead atoms. The average molecular weight is 452 g/mol. The number of nitrogens with one attached hydrogen (secondary N) is 1. The van der Waals surface area contributed by atoms with Gasteiger partial charge in [0.1, 0.15) is 5.75 Å². The zero-order valence-electron chi connectivity index (χ0n) is 16.9. The molecule has 2 heterocycles. The van der Waals surface area contributed by atoms with Crippen molar-refractivity contribution in [3.8, 4) is 17.0 Å². The van der Waals surface area contributed by atoms with Crippen LogP contribution in [0.3, 0.4) is 0 Å². The molecule has 0 fully saturated rings. The number of aromatic nitrogens is 3. The number of anilines is 2. The number of rotatable bonds is 6. The van der Waals surface area contributed by atoms with Crippen molar-refractivity contribution in [2.24, 2.45) is 0 Å². The van der Waals surface area contributed by atoms with Crippen molar-refractivity contribution in [2.45, 2.75) is 12.5 Å². The summed E-state index contributed by atoms with van der Waals surface area (Å²) in [6.45, 7) is 0. The molecule has 1 N–H and O–H groups in total. The van der Waals surface area contributed by atoms with E-state index < -0.39 is 18.3 Å². The van der Waals surface area contributed by atoms with E-state index in [-0.39, 0.29) is 0 Å². The summed E-state index contributed by atoms with van der Waals surface area (Å²) < 4.78 is 57.4. The monoisotopic (exact) mass is 452 g/mol. The van der Waals surface area contributed by atoms with Crippen LogP contribution in [0.4, 0.5) is 29.1 Å². The van der Waals surface area contributed by atoms with Gasteiger partial charge in [0.15, 0.2) is 11.5 Å². The first-order valence-electron chi connectivity index (χ1n) is 9.95. The number of imidazole rings is 1. The summed E-state index contributed by atoms with van der Waals surface area (Å²) in [6, 6.07) is 19.4. The number of ether oxygens (including phenoxy) is 1. The molecule has 0 saturated carbocycles. The first kappa shape index (κ1) is 20.7. The van der Waals surface area contributed by atoms with Crippen LogP contribution in [0.1, 0.15) is 0 Å². The predicted molar refractivity (Wildman–Crippen MR) is 117 cm³/mol. The Morgan fingerprint density at radius 3 is 2.58 bits per heavy atom. The third-order valence-corrected chi connectivity index (χ3v) is 5.10. The highest BCUT2D eigenvalue weighted by Crippen LogP contribution is 2.32. The molecular formula is C24H16F4N4O. The van der Waals surface area contributed by atoms with Crippen molar-refractivity contribution < 1.29 is 22.3 Å². The number of hydrogen-bond acceptors (Lipinski definition) is 4. The molecule has 166 valence electrons. The molecule has 0 radical (unpaired) electrons. The summed E-state index contributed by atoms with van der Waals surface area (Å²) in [6.07, 6.45) is -3.45. The predicted octanol–water partition coefficient (Wildman–Crippen LogP) is 6.53. The Balaban J connectivity index is 1.50. The van der Waals surface area contributed by atoms with Crippen LogP contribution in [-0.4, -0.2) is 26.9 Å². The maximum atomic E-state index is 13.3. The number of fused-ring (bicyclic) bond motifs is 2. The average Bonchev–Trinajstić information content (AvgIpc) is 3.23. The lowest BCUT2D eigenvalue weighted by Gasteiger charge is -2.17. The van der Waals surface area contributed by atoms with Crippen molar-refractivity contribution in [2.75, 3.05) is 5.32 Å². The van der Waals surface area contributed by atoms with Gasteiger partial charge in [-0.25, -0.2) is 9.97 Å². The van der Waals surface area contributed by atoms with Gasteiger partial charge < -0.3 is 10.1 Å². The van der Waals surface area contributed by atoms with Crippen molar-refractivity contribution in [3.63, 3.8) is 0 Å². The van der Waals surface area contributed by atoms with E-state index in [1.807, 2.05) is 46.9 Å². The van der Waals surface area contributed by atoms with Gasteiger partial charge in [-0.1, -0.05) is 48.5 Å². The smallest absolute Gasteiger partial charge is 0.428 e. The first-order chi connectivity index (χ1) is 15.9. The zero-order valence-corrected chi connectivity index (χ0v) is 16.9. The van der Waals surface area contributed by atoms with E-state index in [0.717, 1.165) is 22.0 Å². The Morgan fingerprint density at radius 2 is 1.73 bits per heavy atom. The quantitative estimate of drug-likeness (QED) is 0.298. The Morgan fingerprint density at radius 1 is 0.939 bits per heavy atom. The topological polar surface area (TPSA) is 51.5 Å².